The van der Waals surface area contributed by atoms with Gasteiger partial charge in [0.2, 0.25) is 0 Å². The number of nitrogen functional groups attached to an aromatic ring is 1. The molecule has 3 nitrogen and oxygen atoms in total. The Morgan fingerprint density at radius 2 is 1.82 bits per heavy atom. The van der Waals surface area contributed by atoms with Gasteiger partial charge in [-0.2, -0.15) is 13.2 Å². The van der Waals surface area contributed by atoms with Crippen LogP contribution < -0.4 is 15.2 Å². The molecule has 0 spiro atoms. The van der Waals surface area contributed by atoms with Crippen LogP contribution in [0.15, 0.2) is 36.4 Å². The second-order valence-electron chi connectivity index (χ2n) is 4.47. The molecule has 2 N–H and O–H groups in total. The van der Waals surface area contributed by atoms with E-state index in [1.807, 2.05) is 0 Å². The van der Waals surface area contributed by atoms with Crippen LogP contribution in [0.1, 0.15) is 0 Å². The van der Waals surface area contributed by atoms with E-state index < -0.39 is 18.6 Å². The highest BCUT2D eigenvalue weighted by molar-refractivity contribution is 5.78. The number of nitrogens with two attached hydrogens (primary N) is 1. The predicted molar refractivity (Wildman–Crippen MR) is 74.4 cm³/mol. The lowest BCUT2D eigenvalue weighted by atomic mass is 10.0. The molecular formula is C15H13F4NO2. The van der Waals surface area contributed by atoms with E-state index in [0.29, 0.717) is 5.56 Å². The van der Waals surface area contributed by atoms with Crippen LogP contribution in [0, 0.1) is 5.82 Å². The Morgan fingerprint density at radius 1 is 1.09 bits per heavy atom. The van der Waals surface area contributed by atoms with E-state index in [1.54, 1.807) is 6.07 Å². The number of benzene rings is 2. The molecule has 0 saturated heterocycles. The first-order valence-electron chi connectivity index (χ1n) is 6.24. The molecule has 0 bridgehead atoms. The fraction of sp³-hybridized carbons (Fsp3) is 0.200. The molecule has 0 heterocycles. The molecule has 0 aromatic heterocycles. The first kappa shape index (κ1) is 15.9. The normalized spacial score (nSPS) is 11.3. The van der Waals surface area contributed by atoms with Gasteiger partial charge in [-0.1, -0.05) is 12.1 Å². The summed E-state index contributed by atoms with van der Waals surface area (Å²) >= 11 is 0. The largest absolute Gasteiger partial charge is 0.494 e. The monoisotopic (exact) mass is 315 g/mol. The quantitative estimate of drug-likeness (QED) is 0.684. The van der Waals surface area contributed by atoms with Crippen molar-refractivity contribution in [2.24, 2.45) is 0 Å². The molecule has 0 saturated carbocycles. The number of methoxy groups -OCH3 is 1. The maximum Gasteiger partial charge on any atom is 0.422 e. The van der Waals surface area contributed by atoms with Crippen LogP contribution in [-0.4, -0.2) is 19.9 Å². The molecule has 0 fully saturated rings. The summed E-state index contributed by atoms with van der Waals surface area (Å²) in [5.74, 6) is -0.586. The second kappa shape index (κ2) is 6.13. The Morgan fingerprint density at radius 3 is 2.41 bits per heavy atom. The van der Waals surface area contributed by atoms with Crippen molar-refractivity contribution >= 4 is 5.69 Å². The smallest absolute Gasteiger partial charge is 0.422 e. The zero-order valence-corrected chi connectivity index (χ0v) is 11.6. The molecule has 0 unspecified atom stereocenters. The third kappa shape index (κ3) is 3.60. The van der Waals surface area contributed by atoms with Gasteiger partial charge < -0.3 is 15.2 Å². The van der Waals surface area contributed by atoms with E-state index in [0.717, 1.165) is 0 Å². The van der Waals surface area contributed by atoms with Gasteiger partial charge in [-0.05, 0) is 18.2 Å². The van der Waals surface area contributed by atoms with Crippen LogP contribution in [0.3, 0.4) is 0 Å². The van der Waals surface area contributed by atoms with Gasteiger partial charge in [0, 0.05) is 22.9 Å². The molecular weight excluding hydrogens is 302 g/mol. The van der Waals surface area contributed by atoms with Crippen molar-refractivity contribution in [3.8, 4) is 22.6 Å². The minimum absolute atomic E-state index is 0.0399. The average molecular weight is 315 g/mol. The van der Waals surface area contributed by atoms with Crippen molar-refractivity contribution in [1.82, 2.24) is 0 Å². The van der Waals surface area contributed by atoms with Crippen LogP contribution in [-0.2, 0) is 0 Å². The summed E-state index contributed by atoms with van der Waals surface area (Å²) in [6.45, 7) is -1.42. The van der Waals surface area contributed by atoms with Crippen molar-refractivity contribution in [3.05, 3.63) is 42.2 Å². The van der Waals surface area contributed by atoms with Crippen molar-refractivity contribution < 1.29 is 27.0 Å². The number of alkyl halides is 3. The Labute approximate surface area is 124 Å². The lowest BCUT2D eigenvalue weighted by Crippen LogP contribution is -2.19. The minimum atomic E-state index is -4.44. The van der Waals surface area contributed by atoms with Crippen molar-refractivity contribution in [2.75, 3.05) is 19.5 Å². The van der Waals surface area contributed by atoms with Gasteiger partial charge in [0.05, 0.1) is 7.11 Å². The minimum Gasteiger partial charge on any atom is -0.494 e. The van der Waals surface area contributed by atoms with Crippen LogP contribution >= 0.6 is 0 Å². The summed E-state index contributed by atoms with van der Waals surface area (Å²) in [5, 5.41) is 0. The highest BCUT2D eigenvalue weighted by atomic mass is 19.4. The van der Waals surface area contributed by atoms with Gasteiger partial charge in [0.25, 0.3) is 0 Å². The Balaban J connectivity index is 2.31. The highest BCUT2D eigenvalue weighted by Crippen LogP contribution is 2.34. The second-order valence-corrected chi connectivity index (χ2v) is 4.47. The first-order valence-corrected chi connectivity index (χ1v) is 6.24. The maximum absolute atomic E-state index is 14.2. The summed E-state index contributed by atoms with van der Waals surface area (Å²) in [5.41, 5.74) is 6.42. The average Bonchev–Trinajstić information content (AvgIpc) is 2.45. The molecule has 0 aliphatic rings. The molecule has 7 heteroatoms. The highest BCUT2D eigenvalue weighted by Gasteiger charge is 2.28. The molecule has 0 aliphatic carbocycles. The predicted octanol–water partition coefficient (Wildman–Crippen LogP) is 4.02. The van der Waals surface area contributed by atoms with E-state index in [4.69, 9.17) is 10.5 Å². The summed E-state index contributed by atoms with van der Waals surface area (Å²) in [6, 6.07) is 8.47. The number of rotatable bonds is 4. The Bertz CT molecular complexity index is 671. The molecule has 0 amide bonds. The molecule has 2 rings (SSSR count). The van der Waals surface area contributed by atoms with Crippen LogP contribution in [0.25, 0.3) is 11.1 Å². The van der Waals surface area contributed by atoms with Crippen LogP contribution in [0.2, 0.25) is 0 Å². The van der Waals surface area contributed by atoms with Crippen LogP contribution in [0.4, 0.5) is 23.2 Å². The fourth-order valence-corrected chi connectivity index (χ4v) is 1.92. The van der Waals surface area contributed by atoms with Gasteiger partial charge in [-0.25, -0.2) is 4.39 Å². The molecule has 0 atom stereocenters. The number of hydrogen-bond donors (Lipinski definition) is 1. The zero-order chi connectivity index (χ0) is 16.3. The van der Waals surface area contributed by atoms with Crippen molar-refractivity contribution in [3.63, 3.8) is 0 Å². The summed E-state index contributed by atoms with van der Waals surface area (Å²) in [6.07, 6.45) is -4.44. The molecule has 2 aromatic rings. The van der Waals surface area contributed by atoms with E-state index in [9.17, 15) is 17.6 Å². The standard InChI is InChI=1S/C15H13F4NO2/c1-21-13-4-2-3-11(14(13)16)10-6-5-9(7-12(10)20)22-8-15(17,18)19/h2-7H,8,20H2,1H3. The number of ether oxygens (including phenoxy) is 2. The topological polar surface area (TPSA) is 44.5 Å². The van der Waals surface area contributed by atoms with E-state index in [-0.39, 0.29) is 22.7 Å². The summed E-state index contributed by atoms with van der Waals surface area (Å²) in [7, 11) is 1.33. The fourth-order valence-electron chi connectivity index (χ4n) is 1.92. The van der Waals surface area contributed by atoms with Gasteiger partial charge >= 0.3 is 6.18 Å². The number of anilines is 1. The molecule has 0 radical (unpaired) electrons. The lowest BCUT2D eigenvalue weighted by molar-refractivity contribution is -0.153. The maximum atomic E-state index is 14.2. The zero-order valence-electron chi connectivity index (χ0n) is 11.6. The van der Waals surface area contributed by atoms with Crippen LogP contribution in [0.5, 0.6) is 11.5 Å². The Kier molecular flexibility index (Phi) is 4.44. The lowest BCUT2D eigenvalue weighted by Gasteiger charge is -2.13. The summed E-state index contributed by atoms with van der Waals surface area (Å²) in [4.78, 5) is 0. The van der Waals surface area contributed by atoms with Crippen molar-refractivity contribution in [1.29, 1.82) is 0 Å². The first-order chi connectivity index (χ1) is 10.3. The van der Waals surface area contributed by atoms with E-state index in [2.05, 4.69) is 4.74 Å². The van der Waals surface area contributed by atoms with Gasteiger partial charge in [0.15, 0.2) is 18.2 Å². The summed E-state index contributed by atoms with van der Waals surface area (Å²) < 4.78 is 60.0. The molecule has 118 valence electrons. The van der Waals surface area contributed by atoms with E-state index >= 15 is 0 Å². The van der Waals surface area contributed by atoms with Gasteiger partial charge in [-0.3, -0.25) is 0 Å². The molecule has 22 heavy (non-hydrogen) atoms. The van der Waals surface area contributed by atoms with Gasteiger partial charge in [0.1, 0.15) is 5.75 Å². The van der Waals surface area contributed by atoms with Crippen molar-refractivity contribution in [2.45, 2.75) is 6.18 Å². The SMILES string of the molecule is COc1cccc(-c2ccc(OCC(F)(F)F)cc2N)c1F. The Hall–Kier alpha value is -2.44. The third-order valence-electron chi connectivity index (χ3n) is 2.90. The third-order valence-corrected chi connectivity index (χ3v) is 2.90. The number of hydrogen-bond acceptors (Lipinski definition) is 3. The van der Waals surface area contributed by atoms with E-state index in [1.165, 1.54) is 37.4 Å². The number of halogens is 4. The molecule has 2 aromatic carbocycles. The van der Waals surface area contributed by atoms with Gasteiger partial charge in [-0.15, -0.1) is 0 Å². The molecule has 0 aliphatic heterocycles.